The maximum Gasteiger partial charge on any atom is 0.0641 e. The molecule has 96 valence electrons. The molecule has 0 amide bonds. The standard InChI is InChI=1S/C13H23N3O/c1-4-16-13-6-5-7-15(8-9-17-3)10-12(13)11(2)14-16/h4-10H2,1-3H3. The van der Waals surface area contributed by atoms with Crippen LogP contribution in [-0.2, 0) is 24.2 Å². The minimum atomic E-state index is 0.816. The van der Waals surface area contributed by atoms with E-state index >= 15 is 0 Å². The molecule has 17 heavy (non-hydrogen) atoms. The van der Waals surface area contributed by atoms with Crippen LogP contribution in [0.1, 0.15) is 30.3 Å². The predicted octanol–water partition coefficient (Wildman–Crippen LogP) is 1.61. The van der Waals surface area contributed by atoms with Gasteiger partial charge in [0.1, 0.15) is 0 Å². The van der Waals surface area contributed by atoms with E-state index in [1.165, 1.54) is 29.9 Å². The van der Waals surface area contributed by atoms with Gasteiger partial charge in [-0.05, 0) is 33.2 Å². The highest BCUT2D eigenvalue weighted by Crippen LogP contribution is 2.21. The minimum Gasteiger partial charge on any atom is -0.383 e. The van der Waals surface area contributed by atoms with Crippen LogP contribution in [0.5, 0.6) is 0 Å². The van der Waals surface area contributed by atoms with Crippen molar-refractivity contribution in [3.05, 3.63) is 17.0 Å². The summed E-state index contributed by atoms with van der Waals surface area (Å²) in [6, 6.07) is 0. The van der Waals surface area contributed by atoms with Crippen LogP contribution in [0, 0.1) is 6.92 Å². The normalized spacial score (nSPS) is 16.9. The number of nitrogens with zero attached hydrogens (tertiary/aromatic N) is 3. The quantitative estimate of drug-likeness (QED) is 0.797. The molecule has 1 aliphatic heterocycles. The number of fused-ring (bicyclic) bond motifs is 1. The van der Waals surface area contributed by atoms with E-state index in [1.807, 2.05) is 0 Å². The molecule has 0 saturated carbocycles. The fourth-order valence-corrected chi connectivity index (χ4v) is 2.60. The molecular formula is C13H23N3O. The Morgan fingerprint density at radius 3 is 2.94 bits per heavy atom. The predicted molar refractivity (Wildman–Crippen MR) is 68.1 cm³/mol. The third-order valence-electron chi connectivity index (χ3n) is 3.55. The lowest BCUT2D eigenvalue weighted by Gasteiger charge is -2.19. The molecule has 0 spiro atoms. The van der Waals surface area contributed by atoms with E-state index in [0.717, 1.165) is 32.7 Å². The first-order valence-electron chi connectivity index (χ1n) is 6.52. The molecule has 0 bridgehead atoms. The van der Waals surface area contributed by atoms with E-state index in [0.29, 0.717) is 0 Å². The van der Waals surface area contributed by atoms with Crippen molar-refractivity contribution in [3.63, 3.8) is 0 Å². The van der Waals surface area contributed by atoms with Crippen molar-refractivity contribution in [2.24, 2.45) is 0 Å². The zero-order valence-corrected chi connectivity index (χ0v) is 11.2. The van der Waals surface area contributed by atoms with E-state index in [-0.39, 0.29) is 0 Å². The van der Waals surface area contributed by atoms with Gasteiger partial charge < -0.3 is 4.74 Å². The van der Waals surface area contributed by atoms with Crippen LogP contribution in [0.3, 0.4) is 0 Å². The Morgan fingerprint density at radius 2 is 2.24 bits per heavy atom. The topological polar surface area (TPSA) is 30.3 Å². The Labute approximate surface area is 104 Å². The van der Waals surface area contributed by atoms with E-state index < -0.39 is 0 Å². The minimum absolute atomic E-state index is 0.816. The number of methoxy groups -OCH3 is 1. The van der Waals surface area contributed by atoms with Crippen molar-refractivity contribution in [1.82, 2.24) is 14.7 Å². The van der Waals surface area contributed by atoms with Crippen molar-refractivity contribution < 1.29 is 4.74 Å². The maximum absolute atomic E-state index is 5.17. The molecule has 0 aliphatic carbocycles. The molecule has 4 nitrogen and oxygen atoms in total. The van der Waals surface area contributed by atoms with E-state index in [1.54, 1.807) is 7.11 Å². The van der Waals surface area contributed by atoms with Crippen LogP contribution < -0.4 is 0 Å². The lowest BCUT2D eigenvalue weighted by Crippen LogP contribution is -2.27. The Kier molecular flexibility index (Phi) is 4.18. The molecular weight excluding hydrogens is 214 g/mol. The van der Waals surface area contributed by atoms with Crippen molar-refractivity contribution in [1.29, 1.82) is 0 Å². The van der Waals surface area contributed by atoms with Gasteiger partial charge in [0.25, 0.3) is 0 Å². The van der Waals surface area contributed by atoms with Crippen molar-refractivity contribution in [3.8, 4) is 0 Å². The molecule has 1 aromatic rings. The highest BCUT2D eigenvalue weighted by molar-refractivity contribution is 5.26. The summed E-state index contributed by atoms with van der Waals surface area (Å²) in [6.07, 6.45) is 2.38. The summed E-state index contributed by atoms with van der Waals surface area (Å²) in [7, 11) is 1.77. The Hall–Kier alpha value is -0.870. The summed E-state index contributed by atoms with van der Waals surface area (Å²) in [4.78, 5) is 2.48. The third kappa shape index (κ3) is 2.69. The highest BCUT2D eigenvalue weighted by Gasteiger charge is 2.20. The van der Waals surface area contributed by atoms with Gasteiger partial charge in [-0.25, -0.2) is 0 Å². The summed E-state index contributed by atoms with van der Waals surface area (Å²) in [5, 5.41) is 4.63. The van der Waals surface area contributed by atoms with Crippen LogP contribution in [0.15, 0.2) is 0 Å². The summed E-state index contributed by atoms with van der Waals surface area (Å²) in [5.41, 5.74) is 4.09. The molecule has 0 fully saturated rings. The Morgan fingerprint density at radius 1 is 1.41 bits per heavy atom. The Bertz CT molecular complexity index is 373. The van der Waals surface area contributed by atoms with Gasteiger partial charge in [0, 0.05) is 38.0 Å². The molecule has 0 unspecified atom stereocenters. The van der Waals surface area contributed by atoms with Crippen LogP contribution in [0.2, 0.25) is 0 Å². The van der Waals surface area contributed by atoms with Gasteiger partial charge >= 0.3 is 0 Å². The molecule has 0 aromatic carbocycles. The Balaban J connectivity index is 2.16. The molecule has 0 radical (unpaired) electrons. The fourth-order valence-electron chi connectivity index (χ4n) is 2.60. The average molecular weight is 237 g/mol. The van der Waals surface area contributed by atoms with Crippen molar-refractivity contribution >= 4 is 0 Å². The maximum atomic E-state index is 5.17. The zero-order chi connectivity index (χ0) is 12.3. The van der Waals surface area contributed by atoms with Crippen LogP contribution >= 0.6 is 0 Å². The first kappa shape index (κ1) is 12.6. The van der Waals surface area contributed by atoms with Gasteiger partial charge in [-0.15, -0.1) is 0 Å². The van der Waals surface area contributed by atoms with Crippen molar-refractivity contribution in [2.75, 3.05) is 26.8 Å². The molecule has 0 N–H and O–H groups in total. The molecule has 2 rings (SSSR count). The van der Waals surface area contributed by atoms with Gasteiger partial charge in [0.05, 0.1) is 12.3 Å². The second-order valence-electron chi connectivity index (χ2n) is 4.70. The summed E-state index contributed by atoms with van der Waals surface area (Å²) in [5.74, 6) is 0. The number of hydrogen-bond donors (Lipinski definition) is 0. The largest absolute Gasteiger partial charge is 0.383 e. The molecule has 0 saturated heterocycles. The monoisotopic (exact) mass is 237 g/mol. The first-order valence-corrected chi connectivity index (χ1v) is 6.52. The number of rotatable bonds is 4. The number of aromatic nitrogens is 2. The summed E-state index contributed by atoms with van der Waals surface area (Å²) in [6.45, 7) is 9.31. The zero-order valence-electron chi connectivity index (χ0n) is 11.2. The van der Waals surface area contributed by atoms with Crippen LogP contribution in [-0.4, -0.2) is 41.5 Å². The number of aryl methyl sites for hydroxylation is 2. The van der Waals surface area contributed by atoms with Crippen LogP contribution in [0.25, 0.3) is 0 Å². The smallest absolute Gasteiger partial charge is 0.0641 e. The molecule has 0 atom stereocenters. The summed E-state index contributed by atoms with van der Waals surface area (Å²) < 4.78 is 7.34. The van der Waals surface area contributed by atoms with Gasteiger partial charge in [0.15, 0.2) is 0 Å². The van der Waals surface area contributed by atoms with E-state index in [2.05, 4.69) is 28.5 Å². The average Bonchev–Trinajstić information content (AvgIpc) is 2.53. The molecule has 4 heteroatoms. The van der Waals surface area contributed by atoms with E-state index in [9.17, 15) is 0 Å². The molecule has 1 aliphatic rings. The van der Waals surface area contributed by atoms with Gasteiger partial charge in [0.2, 0.25) is 0 Å². The summed E-state index contributed by atoms with van der Waals surface area (Å²) >= 11 is 0. The molecule has 1 aromatic heterocycles. The number of ether oxygens (including phenoxy) is 1. The second-order valence-corrected chi connectivity index (χ2v) is 4.70. The van der Waals surface area contributed by atoms with Gasteiger partial charge in [-0.2, -0.15) is 5.10 Å². The first-order chi connectivity index (χ1) is 8.26. The van der Waals surface area contributed by atoms with Gasteiger partial charge in [-0.3, -0.25) is 9.58 Å². The number of hydrogen-bond acceptors (Lipinski definition) is 3. The van der Waals surface area contributed by atoms with Gasteiger partial charge in [-0.1, -0.05) is 0 Å². The fraction of sp³-hybridized carbons (Fsp3) is 0.769. The van der Waals surface area contributed by atoms with Crippen LogP contribution in [0.4, 0.5) is 0 Å². The molecule has 2 heterocycles. The lowest BCUT2D eigenvalue weighted by molar-refractivity contribution is 0.145. The lowest BCUT2D eigenvalue weighted by atomic mass is 10.1. The SMILES string of the molecule is CCn1nc(C)c2c1CCCN(CCOC)C2. The van der Waals surface area contributed by atoms with Crippen molar-refractivity contribution in [2.45, 2.75) is 39.8 Å². The van der Waals surface area contributed by atoms with E-state index in [4.69, 9.17) is 4.74 Å². The highest BCUT2D eigenvalue weighted by atomic mass is 16.5. The second kappa shape index (κ2) is 5.65. The third-order valence-corrected chi connectivity index (χ3v) is 3.55.